The molecule has 0 aliphatic rings. The molecule has 2 unspecified atom stereocenters. The third kappa shape index (κ3) is 55.0. The van der Waals surface area contributed by atoms with E-state index in [2.05, 4.69) is 41.5 Å². The Kier molecular flexibility index (Phi) is 51.5. The number of ether oxygens (including phenoxy) is 4. The number of aliphatic hydroxyl groups excluding tert-OH is 1. The molecule has 0 aromatic carbocycles. The molecule has 0 radical (unpaired) electrons. The Morgan fingerprint density at radius 1 is 0.342 bits per heavy atom. The number of hydrogen-bond acceptors (Lipinski definition) is 15. The second kappa shape index (κ2) is 52.8. The van der Waals surface area contributed by atoms with Crippen molar-refractivity contribution >= 4 is 39.5 Å². The van der Waals surface area contributed by atoms with Gasteiger partial charge in [0.1, 0.15) is 19.3 Å². The van der Waals surface area contributed by atoms with Gasteiger partial charge in [-0.2, -0.15) is 0 Å². The molecule has 0 rings (SSSR count). The fourth-order valence-electron chi connectivity index (χ4n) is 8.82. The van der Waals surface area contributed by atoms with E-state index < -0.39 is 97.5 Å². The van der Waals surface area contributed by atoms with Gasteiger partial charge in [0.05, 0.1) is 26.4 Å². The maximum absolute atomic E-state index is 12.9. The third-order valence-electron chi connectivity index (χ3n) is 13.7. The molecule has 468 valence electrons. The lowest BCUT2D eigenvalue weighted by molar-refractivity contribution is -0.161. The summed E-state index contributed by atoms with van der Waals surface area (Å²) in [6.45, 7) is 9.31. The molecule has 0 aromatic rings. The number of phosphoric ester groups is 2. The van der Waals surface area contributed by atoms with Crippen molar-refractivity contribution in [3.05, 3.63) is 0 Å². The molecule has 19 heteroatoms. The van der Waals surface area contributed by atoms with Crippen molar-refractivity contribution in [3.63, 3.8) is 0 Å². The molecule has 5 atom stereocenters. The molecule has 0 saturated heterocycles. The highest BCUT2D eigenvalue weighted by Crippen LogP contribution is 2.45. The maximum Gasteiger partial charge on any atom is 0.472 e. The van der Waals surface area contributed by atoms with Crippen LogP contribution in [0, 0.1) is 11.8 Å². The van der Waals surface area contributed by atoms with Crippen LogP contribution in [0.4, 0.5) is 0 Å². The molecule has 0 fully saturated rings. The van der Waals surface area contributed by atoms with Crippen molar-refractivity contribution in [1.29, 1.82) is 0 Å². The van der Waals surface area contributed by atoms with E-state index in [0.717, 1.165) is 109 Å². The van der Waals surface area contributed by atoms with Gasteiger partial charge in [-0.05, 0) is 37.5 Å². The monoisotopic (exact) mass is 1170 g/mol. The van der Waals surface area contributed by atoms with Crippen LogP contribution in [0.3, 0.4) is 0 Å². The molecule has 0 amide bonds. The van der Waals surface area contributed by atoms with Gasteiger partial charge in [0.15, 0.2) is 12.2 Å². The van der Waals surface area contributed by atoms with Gasteiger partial charge in [0, 0.05) is 25.7 Å². The first kappa shape index (κ1) is 77.1. The van der Waals surface area contributed by atoms with Crippen LogP contribution in [0.2, 0.25) is 0 Å². The van der Waals surface area contributed by atoms with E-state index in [0.29, 0.717) is 31.6 Å². The highest BCUT2D eigenvalue weighted by molar-refractivity contribution is 7.47. The Labute approximate surface area is 479 Å². The van der Waals surface area contributed by atoms with Gasteiger partial charge in [0.2, 0.25) is 0 Å². The van der Waals surface area contributed by atoms with Crippen LogP contribution in [-0.4, -0.2) is 96.7 Å². The van der Waals surface area contributed by atoms with Crippen LogP contribution in [0.15, 0.2) is 0 Å². The van der Waals surface area contributed by atoms with Gasteiger partial charge >= 0.3 is 39.5 Å². The summed E-state index contributed by atoms with van der Waals surface area (Å²) in [5.74, 6) is -0.732. The first-order chi connectivity index (χ1) is 37.9. The minimum atomic E-state index is -4.94. The van der Waals surface area contributed by atoms with E-state index in [4.69, 9.17) is 37.0 Å². The molecule has 3 N–H and O–H groups in total. The summed E-state index contributed by atoms with van der Waals surface area (Å²) < 4.78 is 67.7. The molecule has 0 saturated carbocycles. The predicted molar refractivity (Wildman–Crippen MR) is 312 cm³/mol. The Bertz CT molecular complexity index is 1560. The third-order valence-corrected chi connectivity index (χ3v) is 15.6. The van der Waals surface area contributed by atoms with Crippen LogP contribution in [0.1, 0.15) is 292 Å². The molecular formula is C60H116O17P2. The second-order valence-electron chi connectivity index (χ2n) is 22.7. The predicted octanol–water partition coefficient (Wildman–Crippen LogP) is 16.1. The van der Waals surface area contributed by atoms with Crippen molar-refractivity contribution < 1.29 is 80.2 Å². The molecule has 0 heterocycles. The average Bonchev–Trinajstić information content (AvgIpc) is 3.40. The second-order valence-corrected chi connectivity index (χ2v) is 25.6. The van der Waals surface area contributed by atoms with Crippen molar-refractivity contribution in [2.75, 3.05) is 39.6 Å². The summed E-state index contributed by atoms with van der Waals surface area (Å²) in [4.78, 5) is 71.9. The van der Waals surface area contributed by atoms with E-state index >= 15 is 0 Å². The number of carbonyl (C=O) groups excluding carboxylic acids is 4. The topological polar surface area (TPSA) is 237 Å². The van der Waals surface area contributed by atoms with Crippen LogP contribution in [0.5, 0.6) is 0 Å². The van der Waals surface area contributed by atoms with Gasteiger partial charge in [-0.3, -0.25) is 37.3 Å². The van der Waals surface area contributed by atoms with Crippen LogP contribution < -0.4 is 0 Å². The van der Waals surface area contributed by atoms with E-state index in [1.165, 1.54) is 96.3 Å². The SMILES string of the molecule is CCCCCCCCCCCCCC(=O)OC[C@H](COP(=O)(O)OC[C@@H](O)COP(=O)(O)OC[C@@H](COC(=O)CCCCCCCCC)OC(=O)CCCCCCCCCC(C)C)OC(=O)CCCCCCCCCCC(C)C. The minimum Gasteiger partial charge on any atom is -0.462 e. The summed E-state index contributed by atoms with van der Waals surface area (Å²) in [6, 6.07) is 0. The van der Waals surface area contributed by atoms with Crippen LogP contribution >= 0.6 is 15.6 Å². The lowest BCUT2D eigenvalue weighted by Gasteiger charge is -2.21. The summed E-state index contributed by atoms with van der Waals surface area (Å²) >= 11 is 0. The minimum absolute atomic E-state index is 0.103. The zero-order chi connectivity index (χ0) is 58.7. The molecule has 17 nitrogen and oxygen atoms in total. The number of esters is 4. The summed E-state index contributed by atoms with van der Waals surface area (Å²) in [5, 5.41) is 10.5. The van der Waals surface area contributed by atoms with E-state index in [9.17, 15) is 43.2 Å². The Morgan fingerprint density at radius 2 is 0.582 bits per heavy atom. The largest absolute Gasteiger partial charge is 0.472 e. The van der Waals surface area contributed by atoms with Gasteiger partial charge in [-0.1, -0.05) is 241 Å². The summed E-state index contributed by atoms with van der Waals surface area (Å²) in [6.07, 6.45) is 33.7. The van der Waals surface area contributed by atoms with Crippen LogP contribution in [0.25, 0.3) is 0 Å². The fraction of sp³-hybridized carbons (Fsp3) is 0.933. The number of phosphoric acid groups is 2. The number of aliphatic hydroxyl groups is 1. The van der Waals surface area contributed by atoms with E-state index in [1.807, 2.05) is 0 Å². The highest BCUT2D eigenvalue weighted by atomic mass is 31.2. The molecule has 0 aromatic heterocycles. The zero-order valence-corrected chi connectivity index (χ0v) is 52.4. The van der Waals surface area contributed by atoms with Crippen molar-refractivity contribution in [1.82, 2.24) is 0 Å². The molecule has 0 spiro atoms. The van der Waals surface area contributed by atoms with Crippen molar-refractivity contribution in [2.24, 2.45) is 11.8 Å². The molecular weight excluding hydrogens is 1050 g/mol. The summed E-state index contributed by atoms with van der Waals surface area (Å²) in [5.41, 5.74) is 0. The fourth-order valence-corrected chi connectivity index (χ4v) is 10.4. The standard InChI is InChI=1S/C60H116O17P2/c1-7-9-11-13-15-16-17-18-25-31-37-43-58(63)71-49-56(76-59(64)44-38-32-26-20-19-23-28-34-40-52(3)4)51-75-79(68,69)73-47-54(61)46-72-78(66,67)74-50-55(48-70-57(62)42-36-30-22-14-12-10-8-2)77-60(65)45-39-33-27-21-24-29-35-41-53(5)6/h52-56,61H,7-51H2,1-6H3,(H,66,67)(H,68,69)/t54-,55+,56+/m0/s1. The van der Waals surface area contributed by atoms with E-state index in [-0.39, 0.29) is 25.7 Å². The van der Waals surface area contributed by atoms with Crippen molar-refractivity contribution in [2.45, 2.75) is 310 Å². The van der Waals surface area contributed by atoms with Gasteiger partial charge < -0.3 is 33.8 Å². The van der Waals surface area contributed by atoms with Gasteiger partial charge in [0.25, 0.3) is 0 Å². The number of hydrogen-bond donors (Lipinski definition) is 3. The Morgan fingerprint density at radius 3 is 0.861 bits per heavy atom. The zero-order valence-electron chi connectivity index (χ0n) is 50.7. The lowest BCUT2D eigenvalue weighted by Crippen LogP contribution is -2.30. The normalized spacial score (nSPS) is 14.4. The average molecular weight is 1170 g/mol. The highest BCUT2D eigenvalue weighted by Gasteiger charge is 2.30. The van der Waals surface area contributed by atoms with Gasteiger partial charge in [-0.25, -0.2) is 9.13 Å². The molecule has 79 heavy (non-hydrogen) atoms. The quantitative estimate of drug-likeness (QED) is 0.0222. The van der Waals surface area contributed by atoms with E-state index in [1.54, 1.807) is 0 Å². The Balaban J connectivity index is 5.22. The molecule has 0 aliphatic heterocycles. The maximum atomic E-state index is 12.9. The molecule has 0 aliphatic carbocycles. The Hall–Kier alpha value is -1.94. The number of carbonyl (C=O) groups is 4. The first-order valence-corrected chi connectivity index (χ1v) is 34.5. The molecule has 0 bridgehead atoms. The van der Waals surface area contributed by atoms with Crippen LogP contribution in [-0.2, 0) is 65.4 Å². The summed E-state index contributed by atoms with van der Waals surface area (Å²) in [7, 11) is -9.87. The number of rotatable bonds is 59. The van der Waals surface area contributed by atoms with Gasteiger partial charge in [-0.15, -0.1) is 0 Å². The number of unbranched alkanes of at least 4 members (excludes halogenated alkanes) is 29. The van der Waals surface area contributed by atoms with Crippen molar-refractivity contribution in [3.8, 4) is 0 Å². The first-order valence-electron chi connectivity index (χ1n) is 31.5. The smallest absolute Gasteiger partial charge is 0.462 e. The lowest BCUT2D eigenvalue weighted by atomic mass is 10.0.